The summed E-state index contributed by atoms with van der Waals surface area (Å²) < 4.78 is 0. The minimum Gasteiger partial charge on any atom is -0.542 e. The van der Waals surface area contributed by atoms with Crippen LogP contribution in [0.2, 0.25) is 0 Å². The second-order valence-corrected chi connectivity index (χ2v) is 4.84. The van der Waals surface area contributed by atoms with Crippen LogP contribution < -0.4 is 0 Å². The molecule has 0 aliphatic carbocycles. The molecule has 0 N–H and O–H groups in total. The van der Waals surface area contributed by atoms with E-state index in [0.717, 1.165) is 24.3 Å². The van der Waals surface area contributed by atoms with Crippen LogP contribution in [0.1, 0.15) is 25.7 Å². The molecule has 0 bridgehead atoms. The molecule has 6 heteroatoms. The maximum atomic E-state index is 9.79. The molecule has 0 aromatic rings. The largest absolute Gasteiger partial charge is 0.542 e. The Balaban J connectivity index is -0.000000101. The zero-order valence-electron chi connectivity index (χ0n) is 10.0. The Hall–Kier alpha value is 2.25. The zero-order chi connectivity index (χ0) is 9.07. The van der Waals surface area contributed by atoms with Crippen molar-refractivity contribution in [3.8, 4) is 0 Å². The van der Waals surface area contributed by atoms with E-state index in [9.17, 15) is 9.59 Å². The van der Waals surface area contributed by atoms with E-state index in [1.807, 2.05) is 12.6 Å². The van der Waals surface area contributed by atoms with Gasteiger partial charge in [-0.25, -0.2) is 0 Å². The predicted octanol–water partition coefficient (Wildman–Crippen LogP) is 3.04. The Morgan fingerprint density at radius 3 is 1.31 bits per heavy atom. The third-order valence-corrected chi connectivity index (χ3v) is 3.67. The van der Waals surface area contributed by atoms with E-state index in [-0.39, 0.29) is 80.3 Å². The van der Waals surface area contributed by atoms with Gasteiger partial charge in [0, 0.05) is 76.9 Å². The first-order chi connectivity index (χ1) is 5.91. The van der Waals surface area contributed by atoms with Crippen molar-refractivity contribution in [3.05, 3.63) is 14.9 Å². The topological polar surface area (TPSA) is 34.1 Å². The Kier molecular flexibility index (Phi) is 58.7. The fraction of sp³-hybridized carbons (Fsp3) is 0.600. The van der Waals surface area contributed by atoms with E-state index >= 15 is 0 Å². The van der Waals surface area contributed by atoms with Crippen molar-refractivity contribution >= 4 is 34.2 Å². The van der Waals surface area contributed by atoms with Crippen LogP contribution in [-0.4, -0.2) is 24.1 Å². The van der Waals surface area contributed by atoms with Crippen LogP contribution in [0.15, 0.2) is 0 Å². The molecule has 0 aliphatic rings. The van der Waals surface area contributed by atoms with Crippen LogP contribution in [-0.2, 0) is 75.0 Å². The van der Waals surface area contributed by atoms with Gasteiger partial charge in [-0.1, -0.05) is 34.4 Å². The molecular weight excluding hydrogens is 394 g/mol. The van der Waals surface area contributed by atoms with E-state index in [0.29, 0.717) is 12.8 Å². The van der Waals surface area contributed by atoms with Gasteiger partial charge in [-0.2, -0.15) is 12.8 Å². The van der Waals surface area contributed by atoms with Crippen molar-refractivity contribution in [1.82, 2.24) is 0 Å². The Bertz CT molecular complexity index is 113. The molecule has 92 valence electrons. The molecule has 16 heavy (non-hydrogen) atoms. The minimum atomic E-state index is 0. The summed E-state index contributed by atoms with van der Waals surface area (Å²) in [5.41, 5.74) is 0. The van der Waals surface area contributed by atoms with E-state index in [2.05, 4.69) is 0 Å². The number of hydrogen-bond donors (Lipinski definition) is 0. The SMILES string of the molecule is O=[C-]CCCSSCCC[C-]=O.[CH3-].[CH3-].[Y].[Y]. The van der Waals surface area contributed by atoms with Crippen molar-refractivity contribution in [2.45, 2.75) is 25.7 Å². The van der Waals surface area contributed by atoms with Gasteiger partial charge >= 0.3 is 0 Å². The fourth-order valence-corrected chi connectivity index (χ4v) is 2.70. The summed E-state index contributed by atoms with van der Waals surface area (Å²) in [6.07, 6.45) is 6.59. The predicted molar refractivity (Wildman–Crippen MR) is 67.6 cm³/mol. The molecule has 0 aromatic heterocycles. The van der Waals surface area contributed by atoms with E-state index < -0.39 is 0 Å². The molecule has 0 aromatic carbocycles. The van der Waals surface area contributed by atoms with Crippen molar-refractivity contribution in [2.24, 2.45) is 0 Å². The Labute approximate surface area is 159 Å². The summed E-state index contributed by atoms with van der Waals surface area (Å²) in [4.78, 5) is 19.6. The molecule has 0 aliphatic heterocycles. The average Bonchev–Trinajstić information content (AvgIpc) is 2.10. The summed E-state index contributed by atoms with van der Waals surface area (Å²) >= 11 is 0. The molecule has 0 rings (SSSR count). The van der Waals surface area contributed by atoms with Gasteiger partial charge < -0.3 is 24.4 Å². The average molecular weight is 412 g/mol. The molecule has 0 heterocycles. The van der Waals surface area contributed by atoms with Crippen LogP contribution in [0.3, 0.4) is 0 Å². The first-order valence-corrected chi connectivity index (χ1v) is 6.35. The normalized spacial score (nSPS) is 7.25. The van der Waals surface area contributed by atoms with Gasteiger partial charge in [0.15, 0.2) is 0 Å². The van der Waals surface area contributed by atoms with Gasteiger partial charge in [-0.05, 0) is 0 Å². The van der Waals surface area contributed by atoms with Crippen molar-refractivity contribution in [3.63, 3.8) is 0 Å². The van der Waals surface area contributed by atoms with Gasteiger partial charge in [0.1, 0.15) is 0 Å². The molecule has 0 saturated carbocycles. The number of carbonyl (C=O) groups excluding carboxylic acids is 2. The molecular formula is C10H18O2S2Y2-4. The first-order valence-electron chi connectivity index (χ1n) is 3.86. The smallest absolute Gasteiger partial charge is 0.00147 e. The van der Waals surface area contributed by atoms with Crippen LogP contribution in [0, 0.1) is 14.9 Å². The monoisotopic (exact) mass is 412 g/mol. The summed E-state index contributed by atoms with van der Waals surface area (Å²) in [6, 6.07) is 0. The van der Waals surface area contributed by atoms with E-state index in [1.165, 1.54) is 0 Å². The van der Waals surface area contributed by atoms with Gasteiger partial charge in [0.25, 0.3) is 0 Å². The first kappa shape index (κ1) is 30.9. The van der Waals surface area contributed by atoms with Gasteiger partial charge in [0.05, 0.1) is 0 Å². The molecule has 0 fully saturated rings. The third kappa shape index (κ3) is 29.9. The molecule has 2 nitrogen and oxygen atoms in total. The maximum Gasteiger partial charge on any atom is 0.00147 e. The molecule has 2 radical (unpaired) electrons. The number of unbranched alkanes of at least 4 members (excludes halogenated alkanes) is 2. The van der Waals surface area contributed by atoms with Gasteiger partial charge in [-0.3, -0.25) is 12.6 Å². The molecule has 0 unspecified atom stereocenters. The molecule has 0 saturated heterocycles. The fourth-order valence-electron chi connectivity index (χ4n) is 0.524. The number of rotatable bonds is 9. The summed E-state index contributed by atoms with van der Waals surface area (Å²) in [7, 11) is 3.50. The Morgan fingerprint density at radius 2 is 1.06 bits per heavy atom. The van der Waals surface area contributed by atoms with E-state index in [1.54, 1.807) is 21.6 Å². The zero-order valence-corrected chi connectivity index (χ0v) is 17.3. The standard InChI is InChI=1S/C8H12O2S2.2CH3.2Y/c9-5-1-3-7-11-12-8-4-2-6-10;;;;/h1-4,7-8H2;2*1H3;;/q-2;2*-1;;. The molecule has 0 spiro atoms. The third-order valence-electron chi connectivity index (χ3n) is 1.10. The second kappa shape index (κ2) is 30.4. The van der Waals surface area contributed by atoms with Crippen molar-refractivity contribution in [1.29, 1.82) is 0 Å². The second-order valence-electron chi connectivity index (χ2n) is 2.14. The van der Waals surface area contributed by atoms with Crippen molar-refractivity contribution < 1.29 is 75.0 Å². The van der Waals surface area contributed by atoms with Crippen LogP contribution in [0.4, 0.5) is 0 Å². The Morgan fingerprint density at radius 1 is 0.750 bits per heavy atom. The summed E-state index contributed by atoms with van der Waals surface area (Å²) in [5.74, 6) is 1.98. The van der Waals surface area contributed by atoms with Crippen LogP contribution in [0.5, 0.6) is 0 Å². The summed E-state index contributed by atoms with van der Waals surface area (Å²) in [5, 5.41) is 0. The van der Waals surface area contributed by atoms with Crippen molar-refractivity contribution in [2.75, 3.05) is 11.5 Å². The molecule has 0 atom stereocenters. The maximum absolute atomic E-state index is 9.79. The van der Waals surface area contributed by atoms with Gasteiger partial charge in [-0.15, -0.1) is 0 Å². The van der Waals surface area contributed by atoms with Gasteiger partial charge in [0.2, 0.25) is 0 Å². The van der Waals surface area contributed by atoms with Crippen LogP contribution in [0.25, 0.3) is 0 Å². The number of hydrogen-bond acceptors (Lipinski definition) is 4. The van der Waals surface area contributed by atoms with Crippen LogP contribution >= 0.6 is 21.6 Å². The molecule has 0 amide bonds. The quantitative estimate of drug-likeness (QED) is 0.331. The summed E-state index contributed by atoms with van der Waals surface area (Å²) in [6.45, 7) is 0. The minimum absolute atomic E-state index is 0. The van der Waals surface area contributed by atoms with E-state index in [4.69, 9.17) is 0 Å².